The molecule has 8 nitrogen and oxygen atoms in total. The first-order chi connectivity index (χ1) is 13.7. The van der Waals surface area contributed by atoms with Crippen LogP contribution in [0.4, 0.5) is 22.1 Å². The molecule has 0 saturated carbocycles. The van der Waals surface area contributed by atoms with Crippen LogP contribution in [0.1, 0.15) is 18.5 Å². The Labute approximate surface area is 160 Å². The predicted molar refractivity (Wildman–Crippen MR) is 103 cm³/mol. The number of nitrogens with zero attached hydrogens (tertiary/aromatic N) is 5. The standard InChI is InChI=1S/C19H17FN8/c1-12(13-5-7-14(20)8-6-13)24-18-22-11-23-19(26-18)25-17-10-16(27-28-17)15-4-2-3-9-21-15/h2-12H,1H3,(H3,22,23,24,25,26,27,28). The average Bonchev–Trinajstić information content (AvgIpc) is 3.18. The molecule has 0 radical (unpaired) electrons. The first-order valence-corrected chi connectivity index (χ1v) is 8.62. The summed E-state index contributed by atoms with van der Waals surface area (Å²) < 4.78 is 13.1. The minimum Gasteiger partial charge on any atom is -0.348 e. The number of halogens is 1. The van der Waals surface area contributed by atoms with Gasteiger partial charge in [-0.15, -0.1) is 0 Å². The van der Waals surface area contributed by atoms with E-state index in [0.29, 0.717) is 17.7 Å². The molecular weight excluding hydrogens is 359 g/mol. The lowest BCUT2D eigenvalue weighted by Crippen LogP contribution is -2.11. The van der Waals surface area contributed by atoms with Crippen molar-refractivity contribution < 1.29 is 4.39 Å². The number of nitrogens with one attached hydrogen (secondary N) is 3. The summed E-state index contributed by atoms with van der Waals surface area (Å²) in [6.07, 6.45) is 3.12. The molecule has 0 amide bonds. The van der Waals surface area contributed by atoms with Crippen molar-refractivity contribution in [3.05, 3.63) is 72.4 Å². The Kier molecular flexibility index (Phi) is 4.87. The zero-order chi connectivity index (χ0) is 19.3. The van der Waals surface area contributed by atoms with Gasteiger partial charge in [0.15, 0.2) is 5.82 Å². The normalized spacial score (nSPS) is 11.8. The van der Waals surface area contributed by atoms with Crippen LogP contribution in [-0.4, -0.2) is 30.1 Å². The van der Waals surface area contributed by atoms with Gasteiger partial charge in [-0.3, -0.25) is 10.1 Å². The fraction of sp³-hybridized carbons (Fsp3) is 0.105. The van der Waals surface area contributed by atoms with E-state index in [4.69, 9.17) is 0 Å². The van der Waals surface area contributed by atoms with Crippen molar-refractivity contribution in [1.82, 2.24) is 30.1 Å². The fourth-order valence-corrected chi connectivity index (χ4v) is 2.61. The molecule has 140 valence electrons. The Bertz CT molecular complexity index is 1050. The quantitative estimate of drug-likeness (QED) is 0.471. The SMILES string of the molecule is CC(Nc1ncnc(Nc2cc(-c3ccccn3)[nH]n2)n1)c1ccc(F)cc1. The van der Waals surface area contributed by atoms with E-state index in [0.717, 1.165) is 17.0 Å². The number of aromatic nitrogens is 6. The summed E-state index contributed by atoms with van der Waals surface area (Å²) in [6.45, 7) is 1.94. The van der Waals surface area contributed by atoms with Crippen LogP contribution in [0.2, 0.25) is 0 Å². The second-order valence-electron chi connectivity index (χ2n) is 6.06. The van der Waals surface area contributed by atoms with Gasteiger partial charge in [-0.05, 0) is 36.8 Å². The van der Waals surface area contributed by atoms with Crippen LogP contribution >= 0.6 is 0 Å². The van der Waals surface area contributed by atoms with E-state index in [1.54, 1.807) is 18.3 Å². The highest BCUT2D eigenvalue weighted by atomic mass is 19.1. The first-order valence-electron chi connectivity index (χ1n) is 8.62. The van der Waals surface area contributed by atoms with Crippen molar-refractivity contribution >= 4 is 17.7 Å². The van der Waals surface area contributed by atoms with Crippen LogP contribution < -0.4 is 10.6 Å². The minimum atomic E-state index is -0.272. The Morgan fingerprint density at radius 1 is 1.00 bits per heavy atom. The lowest BCUT2D eigenvalue weighted by atomic mass is 10.1. The molecule has 0 aliphatic carbocycles. The lowest BCUT2D eigenvalue weighted by Gasteiger charge is -2.14. The van der Waals surface area contributed by atoms with E-state index < -0.39 is 0 Å². The van der Waals surface area contributed by atoms with Gasteiger partial charge in [0.2, 0.25) is 11.9 Å². The number of hydrogen-bond donors (Lipinski definition) is 3. The maximum Gasteiger partial charge on any atom is 0.233 e. The Morgan fingerprint density at radius 2 is 1.82 bits per heavy atom. The molecule has 3 heterocycles. The summed E-state index contributed by atoms with van der Waals surface area (Å²) in [6, 6.07) is 13.6. The third kappa shape index (κ3) is 4.09. The van der Waals surface area contributed by atoms with Gasteiger partial charge >= 0.3 is 0 Å². The van der Waals surface area contributed by atoms with E-state index in [1.807, 2.05) is 31.2 Å². The van der Waals surface area contributed by atoms with E-state index in [2.05, 4.69) is 40.8 Å². The van der Waals surface area contributed by atoms with Gasteiger partial charge in [-0.1, -0.05) is 18.2 Å². The van der Waals surface area contributed by atoms with Crippen molar-refractivity contribution in [1.29, 1.82) is 0 Å². The Balaban J connectivity index is 1.45. The number of benzene rings is 1. The monoisotopic (exact) mass is 376 g/mol. The summed E-state index contributed by atoms with van der Waals surface area (Å²) in [4.78, 5) is 16.9. The highest BCUT2D eigenvalue weighted by Gasteiger charge is 2.10. The molecule has 4 rings (SSSR count). The topological polar surface area (TPSA) is 104 Å². The second kappa shape index (κ2) is 7.78. The van der Waals surface area contributed by atoms with Gasteiger partial charge in [0.05, 0.1) is 17.4 Å². The van der Waals surface area contributed by atoms with Crippen molar-refractivity contribution in [2.45, 2.75) is 13.0 Å². The molecule has 28 heavy (non-hydrogen) atoms. The minimum absolute atomic E-state index is 0.100. The van der Waals surface area contributed by atoms with E-state index in [-0.39, 0.29) is 11.9 Å². The molecule has 0 aliphatic heterocycles. The van der Waals surface area contributed by atoms with Crippen molar-refractivity contribution in [3.63, 3.8) is 0 Å². The Hall–Kier alpha value is -3.88. The number of rotatable bonds is 6. The van der Waals surface area contributed by atoms with Gasteiger partial charge in [-0.2, -0.15) is 10.1 Å². The number of anilines is 3. The smallest absolute Gasteiger partial charge is 0.233 e. The molecule has 0 spiro atoms. The van der Waals surface area contributed by atoms with Gasteiger partial charge in [0.1, 0.15) is 12.1 Å². The zero-order valence-corrected chi connectivity index (χ0v) is 15.0. The zero-order valence-electron chi connectivity index (χ0n) is 15.0. The Morgan fingerprint density at radius 3 is 2.61 bits per heavy atom. The second-order valence-corrected chi connectivity index (χ2v) is 6.06. The number of hydrogen-bond acceptors (Lipinski definition) is 7. The average molecular weight is 376 g/mol. The third-order valence-electron chi connectivity index (χ3n) is 4.05. The number of pyridine rings is 1. The van der Waals surface area contributed by atoms with Crippen LogP contribution in [0.3, 0.4) is 0 Å². The first kappa shape index (κ1) is 17.5. The summed E-state index contributed by atoms with van der Waals surface area (Å²) in [5.41, 5.74) is 2.48. The molecule has 3 aromatic heterocycles. The molecule has 0 fully saturated rings. The van der Waals surface area contributed by atoms with Crippen LogP contribution in [-0.2, 0) is 0 Å². The number of H-pyrrole nitrogens is 1. The van der Waals surface area contributed by atoms with Crippen molar-refractivity contribution in [2.24, 2.45) is 0 Å². The molecule has 0 aliphatic rings. The molecule has 1 unspecified atom stereocenters. The molecule has 3 N–H and O–H groups in total. The van der Waals surface area contributed by atoms with E-state index >= 15 is 0 Å². The summed E-state index contributed by atoms with van der Waals surface area (Å²) >= 11 is 0. The van der Waals surface area contributed by atoms with Gasteiger partial charge in [-0.25, -0.2) is 14.4 Å². The molecule has 1 aromatic carbocycles. The molecule has 1 atom stereocenters. The van der Waals surface area contributed by atoms with Crippen LogP contribution in [0.25, 0.3) is 11.4 Å². The van der Waals surface area contributed by atoms with Crippen molar-refractivity contribution in [2.75, 3.05) is 10.6 Å². The fourth-order valence-electron chi connectivity index (χ4n) is 2.61. The van der Waals surface area contributed by atoms with Crippen LogP contribution in [0.5, 0.6) is 0 Å². The van der Waals surface area contributed by atoms with Gasteiger partial charge in [0, 0.05) is 12.3 Å². The molecular formula is C19H17FN8. The van der Waals surface area contributed by atoms with Gasteiger partial charge < -0.3 is 10.6 Å². The largest absolute Gasteiger partial charge is 0.348 e. The van der Waals surface area contributed by atoms with Crippen molar-refractivity contribution in [3.8, 4) is 11.4 Å². The maximum absolute atomic E-state index is 13.1. The number of aromatic amines is 1. The lowest BCUT2D eigenvalue weighted by molar-refractivity contribution is 0.626. The molecule has 4 aromatic rings. The maximum atomic E-state index is 13.1. The molecule has 0 saturated heterocycles. The van der Waals surface area contributed by atoms with E-state index in [9.17, 15) is 4.39 Å². The van der Waals surface area contributed by atoms with Crippen LogP contribution in [0, 0.1) is 5.82 Å². The van der Waals surface area contributed by atoms with Crippen LogP contribution in [0.15, 0.2) is 61.1 Å². The third-order valence-corrected chi connectivity index (χ3v) is 4.05. The highest BCUT2D eigenvalue weighted by molar-refractivity contribution is 5.61. The van der Waals surface area contributed by atoms with Gasteiger partial charge in [0.25, 0.3) is 0 Å². The highest BCUT2D eigenvalue weighted by Crippen LogP contribution is 2.20. The molecule has 9 heteroatoms. The summed E-state index contributed by atoms with van der Waals surface area (Å²) in [7, 11) is 0. The van der Waals surface area contributed by atoms with E-state index in [1.165, 1.54) is 18.5 Å². The summed E-state index contributed by atoms with van der Waals surface area (Å²) in [5.74, 6) is 1.04. The summed E-state index contributed by atoms with van der Waals surface area (Å²) in [5, 5.41) is 13.3. The predicted octanol–water partition coefficient (Wildman–Crippen LogP) is 3.71. The molecule has 0 bridgehead atoms.